The predicted octanol–water partition coefficient (Wildman–Crippen LogP) is -0.192. The highest BCUT2D eigenvalue weighted by Gasteiger charge is 1.85. The molecule has 0 aliphatic rings. The van der Waals surface area contributed by atoms with Gasteiger partial charge in [0.15, 0.2) is 0 Å². The number of likely N-dealkylation sites (N-methyl/N-ethyl adjacent to an activating group) is 1. The van der Waals surface area contributed by atoms with Crippen molar-refractivity contribution < 1.29 is 4.79 Å². The lowest BCUT2D eigenvalue weighted by Gasteiger charge is -2.01. The van der Waals surface area contributed by atoms with Crippen LogP contribution in [0.1, 0.15) is 0 Å². The first-order chi connectivity index (χ1) is 4.16. The molecule has 1 amide bonds. The Balaban J connectivity index is 3.57. The summed E-state index contributed by atoms with van der Waals surface area (Å²) in [5.41, 5.74) is 0. The van der Waals surface area contributed by atoms with E-state index < -0.39 is 0 Å². The van der Waals surface area contributed by atoms with E-state index in [4.69, 9.17) is 0 Å². The van der Waals surface area contributed by atoms with Crippen LogP contribution in [-0.2, 0) is 4.79 Å². The summed E-state index contributed by atoms with van der Waals surface area (Å²) in [6.07, 6.45) is 3.17. The molecule has 0 fully saturated rings. The van der Waals surface area contributed by atoms with Crippen LogP contribution < -0.4 is 5.32 Å². The fourth-order valence-electron chi connectivity index (χ4n) is 0.300. The molecular formula is C6H12N2O. The van der Waals surface area contributed by atoms with Crippen LogP contribution in [0.15, 0.2) is 12.3 Å². The van der Waals surface area contributed by atoms with E-state index in [2.05, 4.69) is 5.32 Å². The van der Waals surface area contributed by atoms with Crippen LogP contribution in [-0.4, -0.2) is 32.0 Å². The first-order valence-corrected chi connectivity index (χ1v) is 2.73. The van der Waals surface area contributed by atoms with Gasteiger partial charge >= 0.3 is 0 Å². The molecule has 9 heavy (non-hydrogen) atoms. The minimum atomic E-state index is -0.0799. The van der Waals surface area contributed by atoms with Gasteiger partial charge in [-0.15, -0.1) is 0 Å². The van der Waals surface area contributed by atoms with Crippen LogP contribution in [0, 0.1) is 0 Å². The molecule has 0 aliphatic carbocycles. The number of amides is 1. The Morgan fingerprint density at radius 1 is 1.56 bits per heavy atom. The van der Waals surface area contributed by atoms with Crippen LogP contribution in [0.3, 0.4) is 0 Å². The van der Waals surface area contributed by atoms with Gasteiger partial charge in [0, 0.05) is 33.4 Å². The summed E-state index contributed by atoms with van der Waals surface area (Å²) < 4.78 is 0. The Bertz CT molecular complexity index is 118. The van der Waals surface area contributed by atoms with E-state index in [1.165, 1.54) is 6.08 Å². The monoisotopic (exact) mass is 128 g/mol. The normalized spacial score (nSPS) is 9.67. The molecule has 1 N–H and O–H groups in total. The summed E-state index contributed by atoms with van der Waals surface area (Å²) in [7, 11) is 5.32. The van der Waals surface area contributed by atoms with E-state index >= 15 is 0 Å². The van der Waals surface area contributed by atoms with Gasteiger partial charge in [-0.1, -0.05) is 0 Å². The summed E-state index contributed by atoms with van der Waals surface area (Å²) >= 11 is 0. The third-order valence-corrected chi connectivity index (χ3v) is 0.770. The van der Waals surface area contributed by atoms with Gasteiger partial charge in [0.1, 0.15) is 0 Å². The molecule has 3 nitrogen and oxygen atoms in total. The second kappa shape index (κ2) is 3.95. The lowest BCUT2D eigenvalue weighted by Crippen LogP contribution is -2.15. The van der Waals surface area contributed by atoms with E-state index in [9.17, 15) is 4.79 Å². The van der Waals surface area contributed by atoms with Crippen molar-refractivity contribution >= 4 is 5.91 Å². The number of hydrogen-bond acceptors (Lipinski definition) is 2. The molecule has 0 bridgehead atoms. The number of carbonyl (C=O) groups is 1. The third kappa shape index (κ3) is 4.87. The molecule has 0 aliphatic heterocycles. The maximum atomic E-state index is 10.5. The van der Waals surface area contributed by atoms with Gasteiger partial charge in [0.05, 0.1) is 0 Å². The van der Waals surface area contributed by atoms with E-state index in [-0.39, 0.29) is 5.91 Å². The van der Waals surface area contributed by atoms with Crippen LogP contribution in [0.25, 0.3) is 0 Å². The highest BCUT2D eigenvalue weighted by Crippen LogP contribution is 1.75. The number of nitrogens with one attached hydrogen (secondary N) is 1. The zero-order valence-corrected chi connectivity index (χ0v) is 6.01. The van der Waals surface area contributed by atoms with Crippen molar-refractivity contribution in [1.82, 2.24) is 10.2 Å². The summed E-state index contributed by atoms with van der Waals surface area (Å²) in [6.45, 7) is 0. The van der Waals surface area contributed by atoms with E-state index in [0.717, 1.165) is 0 Å². The highest BCUT2D eigenvalue weighted by atomic mass is 16.1. The fraction of sp³-hybridized carbons (Fsp3) is 0.500. The Kier molecular flexibility index (Phi) is 3.51. The van der Waals surface area contributed by atoms with Crippen molar-refractivity contribution in [1.29, 1.82) is 0 Å². The average molecular weight is 128 g/mol. The van der Waals surface area contributed by atoms with Gasteiger partial charge in [-0.05, 0) is 0 Å². The molecule has 0 aromatic heterocycles. The minimum Gasteiger partial charge on any atom is -0.383 e. The van der Waals surface area contributed by atoms with Gasteiger partial charge in [-0.3, -0.25) is 4.79 Å². The standard InChI is InChI=1S/C6H12N2O/c1-7-6(9)4-5-8(2)3/h4-5H,1-3H3,(H,7,9)/b5-4+. The fourth-order valence-corrected chi connectivity index (χ4v) is 0.300. The molecule has 0 aromatic carbocycles. The largest absolute Gasteiger partial charge is 0.383 e. The SMILES string of the molecule is CNC(=O)/C=C/N(C)C. The van der Waals surface area contributed by atoms with Gasteiger partial charge in [-0.25, -0.2) is 0 Å². The number of carbonyl (C=O) groups excluding carboxylic acids is 1. The van der Waals surface area contributed by atoms with Gasteiger partial charge in [0.2, 0.25) is 5.91 Å². The zero-order chi connectivity index (χ0) is 7.28. The summed E-state index contributed by atoms with van der Waals surface area (Å²) in [4.78, 5) is 12.3. The van der Waals surface area contributed by atoms with Crippen LogP contribution in [0.2, 0.25) is 0 Å². The lowest BCUT2D eigenvalue weighted by atomic mass is 10.5. The summed E-state index contributed by atoms with van der Waals surface area (Å²) in [5, 5.41) is 2.47. The maximum Gasteiger partial charge on any atom is 0.245 e. The quantitative estimate of drug-likeness (QED) is 0.523. The van der Waals surface area contributed by atoms with Crippen LogP contribution in [0.4, 0.5) is 0 Å². The van der Waals surface area contributed by atoms with E-state index in [0.29, 0.717) is 0 Å². The molecule has 0 aromatic rings. The van der Waals surface area contributed by atoms with E-state index in [1.807, 2.05) is 14.1 Å². The topological polar surface area (TPSA) is 32.3 Å². The van der Waals surface area contributed by atoms with Crippen molar-refractivity contribution in [2.75, 3.05) is 21.1 Å². The molecule has 0 saturated carbocycles. The van der Waals surface area contributed by atoms with Crippen molar-refractivity contribution in [3.63, 3.8) is 0 Å². The number of nitrogens with zero attached hydrogens (tertiary/aromatic N) is 1. The first kappa shape index (κ1) is 8.01. The molecule has 3 heteroatoms. The van der Waals surface area contributed by atoms with Crippen LogP contribution >= 0.6 is 0 Å². The molecule has 0 spiro atoms. The lowest BCUT2D eigenvalue weighted by molar-refractivity contribution is -0.116. The predicted molar refractivity (Wildman–Crippen MR) is 36.9 cm³/mol. The number of hydrogen-bond donors (Lipinski definition) is 1. The Morgan fingerprint density at radius 2 is 2.11 bits per heavy atom. The molecule has 0 saturated heterocycles. The molecule has 0 heterocycles. The molecule has 0 rings (SSSR count). The number of rotatable bonds is 2. The zero-order valence-electron chi connectivity index (χ0n) is 6.01. The third-order valence-electron chi connectivity index (χ3n) is 0.770. The summed E-state index contributed by atoms with van der Waals surface area (Å²) in [6, 6.07) is 0. The van der Waals surface area contributed by atoms with Crippen LogP contribution in [0.5, 0.6) is 0 Å². The van der Waals surface area contributed by atoms with Crippen molar-refractivity contribution in [3.8, 4) is 0 Å². The Labute approximate surface area is 55.3 Å². The maximum absolute atomic E-state index is 10.5. The second-order valence-corrected chi connectivity index (χ2v) is 1.89. The smallest absolute Gasteiger partial charge is 0.245 e. The minimum absolute atomic E-state index is 0.0799. The Morgan fingerprint density at radius 3 is 2.44 bits per heavy atom. The molecule has 0 atom stereocenters. The molecule has 0 radical (unpaired) electrons. The highest BCUT2D eigenvalue weighted by molar-refractivity contribution is 5.86. The van der Waals surface area contributed by atoms with Gasteiger partial charge < -0.3 is 10.2 Å². The van der Waals surface area contributed by atoms with E-state index in [1.54, 1.807) is 18.1 Å². The van der Waals surface area contributed by atoms with Crippen molar-refractivity contribution in [2.24, 2.45) is 0 Å². The first-order valence-electron chi connectivity index (χ1n) is 2.73. The van der Waals surface area contributed by atoms with Gasteiger partial charge in [-0.2, -0.15) is 0 Å². The molecule has 0 unspecified atom stereocenters. The van der Waals surface area contributed by atoms with Crippen molar-refractivity contribution in [2.45, 2.75) is 0 Å². The second-order valence-electron chi connectivity index (χ2n) is 1.89. The van der Waals surface area contributed by atoms with Gasteiger partial charge in [0.25, 0.3) is 0 Å². The van der Waals surface area contributed by atoms with Crippen molar-refractivity contribution in [3.05, 3.63) is 12.3 Å². The summed E-state index contributed by atoms with van der Waals surface area (Å²) in [5.74, 6) is -0.0799. The molecule has 52 valence electrons. The average Bonchev–Trinajstić information content (AvgIpc) is 1.83. The Hall–Kier alpha value is -0.990. The molecular weight excluding hydrogens is 116 g/mol.